The number of nitrogens with zero attached hydrogens (tertiary/aromatic N) is 2. The maximum absolute atomic E-state index is 13.0. The van der Waals surface area contributed by atoms with E-state index < -0.39 is 19.9 Å². The topological polar surface area (TPSA) is 104 Å². The quantitative estimate of drug-likeness (QED) is 0.559. The van der Waals surface area contributed by atoms with E-state index in [-0.39, 0.29) is 11.3 Å². The Balaban J connectivity index is 1.86. The van der Waals surface area contributed by atoms with Crippen molar-refractivity contribution in [3.63, 3.8) is 0 Å². The number of carbonyl (C=O) groups is 2. The van der Waals surface area contributed by atoms with Gasteiger partial charge in [0.15, 0.2) is 0 Å². The summed E-state index contributed by atoms with van der Waals surface area (Å²) in [5.74, 6) is -0.0798. The van der Waals surface area contributed by atoms with Crippen LogP contribution in [0.15, 0.2) is 60.8 Å². The minimum absolute atomic E-state index is 0.238. The molecule has 0 saturated heterocycles. The molecular formula is C24H24N4O3Si. The third kappa shape index (κ3) is 5.20. The highest BCUT2D eigenvalue weighted by Gasteiger charge is 2.20. The van der Waals surface area contributed by atoms with Gasteiger partial charge >= 0.3 is 0 Å². The third-order valence-electron chi connectivity index (χ3n) is 4.88. The third-order valence-corrected chi connectivity index (χ3v) is 6.90. The Kier molecular flexibility index (Phi) is 6.71. The Morgan fingerprint density at radius 2 is 1.69 bits per heavy atom. The van der Waals surface area contributed by atoms with Crippen LogP contribution in [0.4, 0.5) is 11.5 Å². The number of methoxy groups -OCH3 is 1. The van der Waals surface area contributed by atoms with Crippen molar-refractivity contribution in [2.24, 2.45) is 0 Å². The summed E-state index contributed by atoms with van der Waals surface area (Å²) in [6, 6.07) is 16.9. The van der Waals surface area contributed by atoms with E-state index in [1.165, 1.54) is 12.3 Å². The molecule has 3 aromatic rings. The summed E-state index contributed by atoms with van der Waals surface area (Å²) in [5, 5.41) is 15.7. The molecule has 0 spiro atoms. The second-order valence-electron chi connectivity index (χ2n) is 8.16. The zero-order valence-electron chi connectivity index (χ0n) is 18.4. The van der Waals surface area contributed by atoms with Gasteiger partial charge in [0.2, 0.25) is 0 Å². The van der Waals surface area contributed by atoms with Crippen LogP contribution < -0.4 is 20.6 Å². The van der Waals surface area contributed by atoms with Gasteiger partial charge in [0.25, 0.3) is 11.8 Å². The number of carbonyl (C=O) groups excluding carboxylic acids is 2. The Bertz CT molecular complexity index is 1180. The number of nitrogens with one attached hydrogen (secondary N) is 2. The number of hydrogen-bond donors (Lipinski definition) is 2. The summed E-state index contributed by atoms with van der Waals surface area (Å²) in [7, 11) is -0.0319. The summed E-state index contributed by atoms with van der Waals surface area (Å²) in [6.45, 7) is 6.67. The summed E-state index contributed by atoms with van der Waals surface area (Å²) in [5.41, 5.74) is 1.29. The lowest BCUT2D eigenvalue weighted by atomic mass is 10.1. The molecule has 2 aromatic carbocycles. The maximum Gasteiger partial charge on any atom is 0.259 e. The molecule has 1 heterocycles. The predicted molar refractivity (Wildman–Crippen MR) is 127 cm³/mol. The van der Waals surface area contributed by atoms with E-state index >= 15 is 0 Å². The van der Waals surface area contributed by atoms with E-state index in [2.05, 4.69) is 35.3 Å². The largest absolute Gasteiger partial charge is 0.495 e. The molecule has 1 aromatic heterocycles. The fourth-order valence-electron chi connectivity index (χ4n) is 3.00. The number of benzene rings is 2. The Morgan fingerprint density at radius 1 is 0.969 bits per heavy atom. The van der Waals surface area contributed by atoms with Crippen molar-refractivity contribution in [1.82, 2.24) is 4.98 Å². The molecule has 0 aliphatic carbocycles. The number of para-hydroxylation sites is 1. The van der Waals surface area contributed by atoms with E-state index in [4.69, 9.17) is 10.00 Å². The normalized spacial score (nSPS) is 10.7. The molecule has 0 bridgehead atoms. The van der Waals surface area contributed by atoms with Crippen molar-refractivity contribution >= 4 is 36.6 Å². The molecule has 0 radical (unpaired) electrons. The molecule has 0 aliphatic heterocycles. The van der Waals surface area contributed by atoms with Crippen LogP contribution in [-0.2, 0) is 0 Å². The lowest BCUT2D eigenvalue weighted by molar-refractivity contribution is 0.102. The van der Waals surface area contributed by atoms with Crippen molar-refractivity contribution in [1.29, 1.82) is 5.26 Å². The molecule has 2 amide bonds. The van der Waals surface area contributed by atoms with Crippen LogP contribution in [0.2, 0.25) is 19.6 Å². The zero-order chi connectivity index (χ0) is 23.3. The molecule has 0 aliphatic rings. The predicted octanol–water partition coefficient (Wildman–Crippen LogP) is 4.01. The maximum atomic E-state index is 13.0. The molecular weight excluding hydrogens is 420 g/mol. The molecule has 7 nitrogen and oxygen atoms in total. The van der Waals surface area contributed by atoms with Crippen molar-refractivity contribution < 1.29 is 14.3 Å². The number of amides is 2. The highest BCUT2D eigenvalue weighted by molar-refractivity contribution is 6.88. The van der Waals surface area contributed by atoms with Crippen molar-refractivity contribution in [2.75, 3.05) is 17.7 Å². The van der Waals surface area contributed by atoms with Crippen LogP contribution in [0.1, 0.15) is 26.3 Å². The molecule has 0 fully saturated rings. The first kappa shape index (κ1) is 22.7. The van der Waals surface area contributed by atoms with Gasteiger partial charge in [-0.3, -0.25) is 9.59 Å². The molecule has 162 valence electrons. The second kappa shape index (κ2) is 9.45. The summed E-state index contributed by atoms with van der Waals surface area (Å²) < 4.78 is 5.36. The Morgan fingerprint density at radius 3 is 2.25 bits per heavy atom. The molecule has 0 unspecified atom stereocenters. The fraction of sp³-hybridized carbons (Fsp3) is 0.167. The van der Waals surface area contributed by atoms with E-state index in [9.17, 15) is 9.59 Å². The lowest BCUT2D eigenvalue weighted by Crippen LogP contribution is -2.37. The van der Waals surface area contributed by atoms with Gasteiger partial charge in [-0.25, -0.2) is 4.98 Å². The van der Waals surface area contributed by atoms with Crippen LogP contribution in [0.5, 0.6) is 5.75 Å². The van der Waals surface area contributed by atoms with Gasteiger partial charge < -0.3 is 15.4 Å². The van der Waals surface area contributed by atoms with Gasteiger partial charge in [-0.1, -0.05) is 31.8 Å². The Labute approximate surface area is 188 Å². The zero-order valence-corrected chi connectivity index (χ0v) is 19.4. The SMILES string of the molecule is COc1cccc(C(=O)Nc2ccc([Si](C)(C)C)cn2)c1NC(=O)c1ccc(C#N)cc1. The lowest BCUT2D eigenvalue weighted by Gasteiger charge is -2.17. The number of rotatable bonds is 6. The number of pyridine rings is 1. The van der Waals surface area contributed by atoms with E-state index in [0.717, 1.165) is 0 Å². The molecule has 32 heavy (non-hydrogen) atoms. The smallest absolute Gasteiger partial charge is 0.259 e. The first-order valence-electron chi connectivity index (χ1n) is 9.99. The van der Waals surface area contributed by atoms with Gasteiger partial charge in [0.1, 0.15) is 11.6 Å². The van der Waals surface area contributed by atoms with Crippen LogP contribution >= 0.6 is 0 Å². The molecule has 8 heteroatoms. The first-order chi connectivity index (χ1) is 15.2. The van der Waals surface area contributed by atoms with Gasteiger partial charge in [-0.2, -0.15) is 5.26 Å². The summed E-state index contributed by atoms with van der Waals surface area (Å²) >= 11 is 0. The minimum atomic E-state index is -1.50. The molecule has 2 N–H and O–H groups in total. The van der Waals surface area contributed by atoms with Crippen LogP contribution in [0.25, 0.3) is 0 Å². The number of hydrogen-bond acceptors (Lipinski definition) is 5. The number of aromatic nitrogens is 1. The van der Waals surface area contributed by atoms with Gasteiger partial charge in [-0.15, -0.1) is 0 Å². The second-order valence-corrected chi connectivity index (χ2v) is 13.2. The van der Waals surface area contributed by atoms with Crippen molar-refractivity contribution in [2.45, 2.75) is 19.6 Å². The van der Waals surface area contributed by atoms with E-state index in [0.29, 0.717) is 22.7 Å². The molecule has 3 rings (SSSR count). The average Bonchev–Trinajstić information content (AvgIpc) is 2.79. The average molecular weight is 445 g/mol. The van der Waals surface area contributed by atoms with Crippen molar-refractivity contribution in [3.05, 3.63) is 77.5 Å². The van der Waals surface area contributed by atoms with Crippen molar-refractivity contribution in [3.8, 4) is 11.8 Å². The standard InChI is InChI=1S/C24H24N4O3Si/c1-31-20-7-5-6-19(22(20)28-23(29)17-10-8-16(14-25)9-11-17)24(30)27-21-13-12-18(15-26-21)32(2,3)4/h5-13,15H,1-4H3,(H,28,29)(H,26,27,30). The first-order valence-corrected chi connectivity index (χ1v) is 13.5. The van der Waals surface area contributed by atoms with E-state index in [1.54, 1.807) is 54.7 Å². The van der Waals surface area contributed by atoms with E-state index in [1.807, 2.05) is 12.1 Å². The number of nitriles is 1. The highest BCUT2D eigenvalue weighted by Crippen LogP contribution is 2.29. The van der Waals surface area contributed by atoms with Gasteiger partial charge in [-0.05, 0) is 47.7 Å². The van der Waals surface area contributed by atoms with Crippen LogP contribution in [0.3, 0.4) is 0 Å². The van der Waals surface area contributed by atoms with Gasteiger partial charge in [0, 0.05) is 11.8 Å². The van der Waals surface area contributed by atoms with Gasteiger partial charge in [0.05, 0.1) is 38.1 Å². The fourth-order valence-corrected chi connectivity index (χ4v) is 4.03. The molecule has 0 saturated carbocycles. The highest BCUT2D eigenvalue weighted by atomic mass is 28.3. The summed E-state index contributed by atoms with van der Waals surface area (Å²) in [6.07, 6.45) is 1.79. The minimum Gasteiger partial charge on any atom is -0.495 e. The number of ether oxygens (including phenoxy) is 1. The molecule has 0 atom stereocenters. The monoisotopic (exact) mass is 444 g/mol. The van der Waals surface area contributed by atoms with Crippen LogP contribution in [0, 0.1) is 11.3 Å². The number of anilines is 2. The van der Waals surface area contributed by atoms with Crippen LogP contribution in [-0.4, -0.2) is 32.0 Å². The Hall–Kier alpha value is -3.96. The summed E-state index contributed by atoms with van der Waals surface area (Å²) in [4.78, 5) is 30.1.